The molecule has 0 N–H and O–H groups in total. The summed E-state index contributed by atoms with van der Waals surface area (Å²) in [6.07, 6.45) is 1.61. The Bertz CT molecular complexity index is 722. The molecule has 2 aromatic rings. The molecule has 0 aliphatic carbocycles. The van der Waals surface area contributed by atoms with Gasteiger partial charge in [-0.1, -0.05) is 17.7 Å². The van der Waals surface area contributed by atoms with Gasteiger partial charge >= 0.3 is 0 Å². The zero-order valence-corrected chi connectivity index (χ0v) is 11.1. The highest BCUT2D eigenvalue weighted by Gasteiger charge is 2.16. The second-order valence-electron chi connectivity index (χ2n) is 4.21. The molecule has 0 bridgehead atoms. The molecule has 0 saturated heterocycles. The number of hydrogen-bond acceptors (Lipinski definition) is 3. The minimum absolute atomic E-state index is 0.0130. The SMILES string of the molecule is Cc1cc([N+](=O)[O-])c(Cl)cc1-n1cccc(C)c1=O. The summed E-state index contributed by atoms with van der Waals surface area (Å²) in [6, 6.07) is 6.26. The maximum atomic E-state index is 12.0. The second-order valence-corrected chi connectivity index (χ2v) is 4.62. The molecule has 0 spiro atoms. The summed E-state index contributed by atoms with van der Waals surface area (Å²) >= 11 is 5.88. The molecule has 0 aliphatic heterocycles. The highest BCUT2D eigenvalue weighted by Crippen LogP contribution is 2.29. The predicted octanol–water partition coefficient (Wildman–Crippen LogP) is 3.02. The topological polar surface area (TPSA) is 65.1 Å². The van der Waals surface area contributed by atoms with Crippen LogP contribution >= 0.6 is 11.6 Å². The third-order valence-corrected chi connectivity index (χ3v) is 3.16. The predicted molar refractivity (Wildman–Crippen MR) is 73.2 cm³/mol. The van der Waals surface area contributed by atoms with Crippen LogP contribution < -0.4 is 5.56 Å². The third kappa shape index (κ3) is 2.37. The van der Waals surface area contributed by atoms with Crippen molar-refractivity contribution in [2.45, 2.75) is 13.8 Å². The summed E-state index contributed by atoms with van der Waals surface area (Å²) in [6.45, 7) is 3.41. The Morgan fingerprint density at radius 3 is 2.58 bits per heavy atom. The van der Waals surface area contributed by atoms with E-state index in [4.69, 9.17) is 11.6 Å². The van der Waals surface area contributed by atoms with E-state index in [1.165, 1.54) is 16.7 Å². The first-order chi connectivity index (χ1) is 8.91. The van der Waals surface area contributed by atoms with E-state index in [1.54, 1.807) is 32.2 Å². The number of hydrogen-bond donors (Lipinski definition) is 0. The van der Waals surface area contributed by atoms with E-state index < -0.39 is 4.92 Å². The van der Waals surface area contributed by atoms with Crippen LogP contribution in [-0.2, 0) is 0 Å². The number of nitrogens with zero attached hydrogens (tertiary/aromatic N) is 2. The second kappa shape index (κ2) is 4.85. The average molecular weight is 279 g/mol. The molecule has 0 amide bonds. The number of halogens is 1. The van der Waals surface area contributed by atoms with Gasteiger partial charge in [-0.3, -0.25) is 19.5 Å². The van der Waals surface area contributed by atoms with Crippen molar-refractivity contribution in [2.75, 3.05) is 0 Å². The van der Waals surface area contributed by atoms with E-state index in [0.717, 1.165) is 0 Å². The fourth-order valence-corrected chi connectivity index (χ4v) is 2.07. The summed E-state index contributed by atoms with van der Waals surface area (Å²) in [5.74, 6) is 0. The van der Waals surface area contributed by atoms with Gasteiger partial charge in [0.1, 0.15) is 5.02 Å². The highest BCUT2D eigenvalue weighted by molar-refractivity contribution is 6.32. The van der Waals surface area contributed by atoms with Gasteiger partial charge in [0.2, 0.25) is 0 Å². The molecule has 2 rings (SSSR count). The lowest BCUT2D eigenvalue weighted by Gasteiger charge is -2.10. The van der Waals surface area contributed by atoms with Crippen LogP contribution in [0.15, 0.2) is 35.3 Å². The Balaban J connectivity index is 2.71. The lowest BCUT2D eigenvalue weighted by Crippen LogP contribution is -2.20. The first-order valence-corrected chi connectivity index (χ1v) is 5.93. The van der Waals surface area contributed by atoms with Crippen LogP contribution in [-0.4, -0.2) is 9.49 Å². The van der Waals surface area contributed by atoms with Crippen molar-refractivity contribution < 1.29 is 4.92 Å². The fraction of sp³-hybridized carbons (Fsp3) is 0.154. The molecule has 0 fully saturated rings. The van der Waals surface area contributed by atoms with Crippen molar-refractivity contribution in [1.29, 1.82) is 0 Å². The van der Waals surface area contributed by atoms with Gasteiger partial charge in [-0.2, -0.15) is 0 Å². The molecule has 1 heterocycles. The van der Waals surface area contributed by atoms with Crippen LogP contribution in [0.3, 0.4) is 0 Å². The third-order valence-electron chi connectivity index (χ3n) is 2.86. The van der Waals surface area contributed by atoms with Crippen LogP contribution in [0, 0.1) is 24.0 Å². The van der Waals surface area contributed by atoms with E-state index >= 15 is 0 Å². The number of benzene rings is 1. The van der Waals surface area contributed by atoms with Crippen LogP contribution in [0.1, 0.15) is 11.1 Å². The van der Waals surface area contributed by atoms with E-state index in [1.807, 2.05) is 0 Å². The van der Waals surface area contributed by atoms with Crippen molar-refractivity contribution in [2.24, 2.45) is 0 Å². The standard InChI is InChI=1S/C13H11ClN2O3/c1-8-4-3-5-15(13(8)17)11-7-10(14)12(16(18)19)6-9(11)2/h3-7H,1-2H3. The maximum absolute atomic E-state index is 12.0. The largest absolute Gasteiger partial charge is 0.288 e. The zero-order valence-electron chi connectivity index (χ0n) is 10.4. The number of nitro groups is 1. The van der Waals surface area contributed by atoms with Crippen LogP contribution in [0.25, 0.3) is 5.69 Å². The summed E-state index contributed by atoms with van der Waals surface area (Å²) in [5.41, 5.74) is 1.42. The van der Waals surface area contributed by atoms with Gasteiger partial charge in [0, 0.05) is 17.8 Å². The molecule has 0 aliphatic rings. The monoisotopic (exact) mass is 278 g/mol. The van der Waals surface area contributed by atoms with Gasteiger partial charge in [-0.05, 0) is 31.5 Å². The highest BCUT2D eigenvalue weighted by atomic mass is 35.5. The molecule has 0 atom stereocenters. The number of nitro benzene ring substituents is 1. The number of aryl methyl sites for hydroxylation is 2. The van der Waals surface area contributed by atoms with Crippen molar-refractivity contribution in [1.82, 2.24) is 4.57 Å². The van der Waals surface area contributed by atoms with Gasteiger partial charge in [0.05, 0.1) is 10.6 Å². The zero-order chi connectivity index (χ0) is 14.2. The molecule has 98 valence electrons. The number of rotatable bonds is 2. The van der Waals surface area contributed by atoms with Crippen LogP contribution in [0.2, 0.25) is 5.02 Å². The molecule has 6 heteroatoms. The molecule has 19 heavy (non-hydrogen) atoms. The molecule has 0 unspecified atom stereocenters. The van der Waals surface area contributed by atoms with Gasteiger partial charge in [0.25, 0.3) is 11.2 Å². The first-order valence-electron chi connectivity index (χ1n) is 5.55. The summed E-state index contributed by atoms with van der Waals surface area (Å²) in [5, 5.41) is 10.8. The summed E-state index contributed by atoms with van der Waals surface area (Å²) < 4.78 is 1.43. The van der Waals surface area contributed by atoms with Crippen molar-refractivity contribution in [3.63, 3.8) is 0 Å². The van der Waals surface area contributed by atoms with Crippen LogP contribution in [0.5, 0.6) is 0 Å². The van der Waals surface area contributed by atoms with E-state index in [0.29, 0.717) is 16.8 Å². The molecule has 0 saturated carbocycles. The van der Waals surface area contributed by atoms with Gasteiger partial charge in [0.15, 0.2) is 0 Å². The number of pyridine rings is 1. The first kappa shape index (κ1) is 13.3. The molecule has 1 aromatic carbocycles. The number of aromatic nitrogens is 1. The molecule has 1 aromatic heterocycles. The Hall–Kier alpha value is -2.14. The Labute approximate surface area is 114 Å². The van der Waals surface area contributed by atoms with Crippen molar-refractivity contribution >= 4 is 17.3 Å². The molecule has 5 nitrogen and oxygen atoms in total. The normalized spacial score (nSPS) is 10.5. The van der Waals surface area contributed by atoms with E-state index in [2.05, 4.69) is 0 Å². The summed E-state index contributed by atoms with van der Waals surface area (Å²) in [7, 11) is 0. The van der Waals surface area contributed by atoms with Crippen molar-refractivity contribution in [3.05, 3.63) is 67.1 Å². The Morgan fingerprint density at radius 2 is 1.95 bits per heavy atom. The van der Waals surface area contributed by atoms with Gasteiger partial charge in [-0.15, -0.1) is 0 Å². The maximum Gasteiger partial charge on any atom is 0.288 e. The average Bonchev–Trinajstić information content (AvgIpc) is 2.35. The van der Waals surface area contributed by atoms with Gasteiger partial charge in [-0.25, -0.2) is 0 Å². The summed E-state index contributed by atoms with van der Waals surface area (Å²) in [4.78, 5) is 22.3. The lowest BCUT2D eigenvalue weighted by atomic mass is 10.1. The minimum Gasteiger partial charge on any atom is -0.284 e. The molecular weight excluding hydrogens is 268 g/mol. The van der Waals surface area contributed by atoms with E-state index in [-0.39, 0.29) is 16.3 Å². The van der Waals surface area contributed by atoms with Crippen molar-refractivity contribution in [3.8, 4) is 5.69 Å². The molecule has 0 radical (unpaired) electrons. The quantitative estimate of drug-likeness (QED) is 0.626. The Morgan fingerprint density at radius 1 is 1.26 bits per heavy atom. The smallest absolute Gasteiger partial charge is 0.284 e. The van der Waals surface area contributed by atoms with Gasteiger partial charge < -0.3 is 0 Å². The molecular formula is C13H11ClN2O3. The minimum atomic E-state index is -0.544. The Kier molecular flexibility index (Phi) is 3.40. The lowest BCUT2D eigenvalue weighted by molar-refractivity contribution is -0.384. The van der Waals surface area contributed by atoms with E-state index in [9.17, 15) is 14.9 Å². The van der Waals surface area contributed by atoms with Crippen LogP contribution in [0.4, 0.5) is 5.69 Å². The fourth-order valence-electron chi connectivity index (χ4n) is 1.85.